The Morgan fingerprint density at radius 3 is 2.24 bits per heavy atom. The number of aryl methyl sites for hydroxylation is 2. The molecule has 1 saturated heterocycles. The van der Waals surface area contributed by atoms with Crippen molar-refractivity contribution in [2.75, 3.05) is 13.2 Å². The number of carbonyl (C=O) groups excluding carboxylic acids is 5. The molecule has 13 nitrogen and oxygen atoms in total. The first-order valence-electron chi connectivity index (χ1n) is 18.4. The third-order valence-electron chi connectivity index (χ3n) is 9.63. The van der Waals surface area contributed by atoms with Gasteiger partial charge in [-0.2, -0.15) is 0 Å². The molecule has 2 heterocycles. The Kier molecular flexibility index (Phi) is 12.8. The molecule has 51 heavy (non-hydrogen) atoms. The Labute approximate surface area is 301 Å². The summed E-state index contributed by atoms with van der Waals surface area (Å²) in [4.78, 5) is 75.2. The van der Waals surface area contributed by atoms with Crippen LogP contribution in [0.15, 0.2) is 17.3 Å². The van der Waals surface area contributed by atoms with Crippen LogP contribution in [0.3, 0.4) is 0 Å². The van der Waals surface area contributed by atoms with E-state index >= 15 is 0 Å². The van der Waals surface area contributed by atoms with Gasteiger partial charge in [-0.15, -0.1) is 0 Å². The van der Waals surface area contributed by atoms with E-state index in [0.29, 0.717) is 31.6 Å². The fourth-order valence-corrected chi connectivity index (χ4v) is 6.86. The third-order valence-corrected chi connectivity index (χ3v) is 9.63. The Morgan fingerprint density at radius 1 is 1.02 bits per heavy atom. The van der Waals surface area contributed by atoms with Crippen molar-refractivity contribution in [3.63, 3.8) is 0 Å². The van der Waals surface area contributed by atoms with Crippen LogP contribution in [0, 0.1) is 19.3 Å². The van der Waals surface area contributed by atoms with Crippen LogP contribution < -0.4 is 20.7 Å². The van der Waals surface area contributed by atoms with Gasteiger partial charge in [0, 0.05) is 24.4 Å². The summed E-state index contributed by atoms with van der Waals surface area (Å²) in [6.45, 7) is 17.5. The van der Waals surface area contributed by atoms with E-state index < -0.39 is 58.7 Å². The molecule has 13 heteroatoms. The van der Waals surface area contributed by atoms with Gasteiger partial charge in [-0.25, -0.2) is 4.79 Å². The molecule has 1 unspecified atom stereocenters. The normalized spacial score (nSPS) is 21.6. The number of amides is 4. The van der Waals surface area contributed by atoms with Crippen molar-refractivity contribution >= 4 is 35.3 Å². The van der Waals surface area contributed by atoms with Gasteiger partial charge in [0.05, 0.1) is 24.9 Å². The molecular weight excluding hydrogens is 654 g/mol. The number of benzene rings is 1. The second-order valence-corrected chi connectivity index (χ2v) is 15.5. The number of ketones is 1. The maximum Gasteiger partial charge on any atom is 0.408 e. The van der Waals surface area contributed by atoms with Crippen LogP contribution in [0.2, 0.25) is 0 Å². The average Bonchev–Trinajstić information content (AvgIpc) is 3.65. The standard InChI is InChI=1S/C38H57N5O8/c1-10-13-24(6)50-36(48)41-32(37(7,8)9)35(47)43-21-38(19-28(42-51-38)25-17-22(4)31(49-12-3)23(5)18-25)20-29(43)33(45)40-27(14-11-2)30(44)34(46)39-26-15-16-26/h17-18,24,26-27,29,32H,10-16,19-21H2,1-9H3,(H,39,46)(H,40,45)(H,41,48)/t24?,27-,29-,32+,38+/m0/s1. The van der Waals surface area contributed by atoms with Crippen LogP contribution in [0.4, 0.5) is 4.79 Å². The molecule has 1 spiro atoms. The number of likely N-dealkylation sites (tertiary alicyclic amines) is 1. The smallest absolute Gasteiger partial charge is 0.408 e. The Bertz CT molecular complexity index is 1490. The van der Waals surface area contributed by atoms with Crippen LogP contribution in [0.1, 0.15) is 117 Å². The summed E-state index contributed by atoms with van der Waals surface area (Å²) in [7, 11) is 0. The Balaban J connectivity index is 1.63. The quantitative estimate of drug-likeness (QED) is 0.222. The van der Waals surface area contributed by atoms with Crippen molar-refractivity contribution in [2.24, 2.45) is 10.6 Å². The van der Waals surface area contributed by atoms with Crippen molar-refractivity contribution < 1.29 is 38.3 Å². The minimum Gasteiger partial charge on any atom is -0.493 e. The van der Waals surface area contributed by atoms with Gasteiger partial charge in [0.15, 0.2) is 5.60 Å². The molecular formula is C38H57N5O8. The van der Waals surface area contributed by atoms with Gasteiger partial charge < -0.3 is 35.2 Å². The number of oxime groups is 1. The van der Waals surface area contributed by atoms with Gasteiger partial charge in [0.25, 0.3) is 5.91 Å². The van der Waals surface area contributed by atoms with Crippen LogP contribution in [0.25, 0.3) is 0 Å². The molecule has 3 aliphatic rings. The molecule has 3 N–H and O–H groups in total. The summed E-state index contributed by atoms with van der Waals surface area (Å²) < 4.78 is 11.4. The monoisotopic (exact) mass is 711 g/mol. The average molecular weight is 712 g/mol. The van der Waals surface area contributed by atoms with E-state index in [1.807, 2.05) is 67.5 Å². The fourth-order valence-electron chi connectivity index (χ4n) is 6.86. The zero-order chi connectivity index (χ0) is 37.7. The largest absolute Gasteiger partial charge is 0.493 e. The van der Waals surface area contributed by atoms with Gasteiger partial charge in [-0.05, 0) is 82.1 Å². The molecule has 282 valence electrons. The van der Waals surface area contributed by atoms with Crippen molar-refractivity contribution in [1.29, 1.82) is 0 Å². The van der Waals surface area contributed by atoms with Gasteiger partial charge in [0.2, 0.25) is 17.6 Å². The summed E-state index contributed by atoms with van der Waals surface area (Å²) >= 11 is 0. The van der Waals surface area contributed by atoms with Crippen molar-refractivity contribution in [2.45, 2.75) is 150 Å². The Hall–Kier alpha value is -4.16. The van der Waals surface area contributed by atoms with Crippen molar-refractivity contribution in [3.8, 4) is 5.75 Å². The second kappa shape index (κ2) is 16.5. The molecule has 1 saturated carbocycles. The lowest BCUT2D eigenvalue weighted by Crippen LogP contribution is -2.59. The maximum absolute atomic E-state index is 14.6. The number of nitrogens with zero attached hydrogens (tertiary/aromatic N) is 2. The van der Waals surface area contributed by atoms with Crippen molar-refractivity contribution in [1.82, 2.24) is 20.9 Å². The maximum atomic E-state index is 14.6. The molecule has 5 atom stereocenters. The first-order chi connectivity index (χ1) is 24.0. The number of nitrogens with one attached hydrogen (secondary N) is 3. The lowest BCUT2D eigenvalue weighted by Gasteiger charge is -2.35. The van der Waals surface area contributed by atoms with Gasteiger partial charge >= 0.3 is 6.09 Å². The predicted molar refractivity (Wildman–Crippen MR) is 192 cm³/mol. The van der Waals surface area contributed by atoms with Gasteiger partial charge in [-0.3, -0.25) is 19.2 Å². The highest BCUT2D eigenvalue weighted by atomic mass is 16.7. The van der Waals surface area contributed by atoms with Crippen molar-refractivity contribution in [3.05, 3.63) is 28.8 Å². The summed E-state index contributed by atoms with van der Waals surface area (Å²) in [6, 6.07) is 0.764. The summed E-state index contributed by atoms with van der Waals surface area (Å²) in [6.07, 6.45) is 3.26. The first kappa shape index (κ1) is 39.6. The summed E-state index contributed by atoms with van der Waals surface area (Å²) in [5, 5.41) is 12.7. The zero-order valence-corrected chi connectivity index (χ0v) is 31.8. The topological polar surface area (TPSA) is 165 Å². The van der Waals surface area contributed by atoms with Crippen LogP contribution in [-0.2, 0) is 28.8 Å². The number of rotatable bonds is 15. The molecule has 2 fully saturated rings. The van der Waals surface area contributed by atoms with Crippen LogP contribution >= 0.6 is 0 Å². The van der Waals surface area contributed by atoms with Gasteiger partial charge in [-0.1, -0.05) is 52.6 Å². The lowest BCUT2D eigenvalue weighted by atomic mass is 9.85. The highest BCUT2D eigenvalue weighted by Crippen LogP contribution is 2.41. The highest BCUT2D eigenvalue weighted by Gasteiger charge is 2.56. The molecule has 0 aromatic heterocycles. The summed E-state index contributed by atoms with van der Waals surface area (Å²) in [5.41, 5.74) is 1.62. The van der Waals surface area contributed by atoms with E-state index in [-0.39, 0.29) is 31.5 Å². The molecule has 4 rings (SSSR count). The van der Waals surface area contributed by atoms with E-state index in [2.05, 4.69) is 21.1 Å². The van der Waals surface area contributed by atoms with E-state index in [1.165, 1.54) is 4.90 Å². The highest BCUT2D eigenvalue weighted by molar-refractivity contribution is 6.38. The first-order valence-corrected chi connectivity index (χ1v) is 18.4. The number of ether oxygens (including phenoxy) is 2. The lowest BCUT2D eigenvalue weighted by molar-refractivity contribution is -0.144. The molecule has 0 radical (unpaired) electrons. The molecule has 1 aromatic carbocycles. The number of carbonyl (C=O) groups is 5. The molecule has 1 aromatic rings. The molecule has 0 bridgehead atoms. The van der Waals surface area contributed by atoms with E-state index in [1.54, 1.807) is 6.92 Å². The third kappa shape index (κ3) is 9.79. The number of Topliss-reactive ketones (excluding diaryl/α,β-unsaturated/α-hetero) is 1. The number of alkyl carbamates (subject to hydrolysis) is 1. The molecule has 2 aliphatic heterocycles. The minimum absolute atomic E-state index is 0.00994. The van der Waals surface area contributed by atoms with Crippen LogP contribution in [0.5, 0.6) is 5.75 Å². The van der Waals surface area contributed by atoms with Gasteiger partial charge in [0.1, 0.15) is 23.9 Å². The second-order valence-electron chi connectivity index (χ2n) is 15.5. The minimum atomic E-state index is -1.07. The van der Waals surface area contributed by atoms with E-state index in [9.17, 15) is 24.0 Å². The van der Waals surface area contributed by atoms with E-state index in [0.717, 1.165) is 41.7 Å². The van der Waals surface area contributed by atoms with E-state index in [4.69, 9.17) is 14.3 Å². The zero-order valence-electron chi connectivity index (χ0n) is 31.8. The molecule has 1 aliphatic carbocycles. The SMILES string of the molecule is CCCC(C)OC(=O)N[C@H](C(=O)N1C[C@@]2(CC(c3cc(C)c(OCC)c(C)c3)=NO2)C[C@H]1C(=O)N[C@@H](CCC)C(=O)C(=O)NC1CC1)C(C)(C)C. The Morgan fingerprint density at radius 2 is 1.67 bits per heavy atom. The molecule has 4 amide bonds. The predicted octanol–water partition coefficient (Wildman–Crippen LogP) is 4.63. The number of hydrogen-bond donors (Lipinski definition) is 3. The number of hydrogen-bond acceptors (Lipinski definition) is 9. The fraction of sp³-hybridized carbons (Fsp3) is 0.684. The van der Waals surface area contributed by atoms with Crippen LogP contribution in [-0.4, -0.2) is 89.2 Å². The summed E-state index contributed by atoms with van der Waals surface area (Å²) in [5.74, 6) is -1.70.